The Kier molecular flexibility index (Phi) is 6.08. The van der Waals surface area contributed by atoms with Crippen molar-refractivity contribution in [2.24, 2.45) is 0 Å². The van der Waals surface area contributed by atoms with Crippen LogP contribution >= 0.6 is 0 Å². The van der Waals surface area contributed by atoms with Gasteiger partial charge in [-0.05, 0) is 41.0 Å². The minimum atomic E-state index is 0.614. The van der Waals surface area contributed by atoms with Gasteiger partial charge < -0.3 is 4.42 Å². The lowest BCUT2D eigenvalue weighted by Gasteiger charge is -2.12. The zero-order chi connectivity index (χ0) is 28.6. The predicted octanol–water partition coefficient (Wildman–Crippen LogP) is 10.1. The summed E-state index contributed by atoms with van der Waals surface area (Å²) in [4.78, 5) is 14.9. The molecule has 43 heavy (non-hydrogen) atoms. The summed E-state index contributed by atoms with van der Waals surface area (Å²) >= 11 is 0. The maximum Gasteiger partial charge on any atom is 0.164 e. The number of nitrogens with zero attached hydrogens (tertiary/aromatic N) is 3. The van der Waals surface area contributed by atoms with Gasteiger partial charge in [0, 0.05) is 33.0 Å². The summed E-state index contributed by atoms with van der Waals surface area (Å²) in [6.45, 7) is 0. The second-order valence-electron chi connectivity index (χ2n) is 10.5. The Hall–Kier alpha value is -5.87. The van der Waals surface area contributed by atoms with Crippen LogP contribution in [0.1, 0.15) is 0 Å². The molecule has 0 bridgehead atoms. The molecule has 202 valence electrons. The van der Waals surface area contributed by atoms with Crippen LogP contribution in [0.25, 0.3) is 78.4 Å². The monoisotopic (exact) mass is 551 g/mol. The highest BCUT2D eigenvalue weighted by molar-refractivity contribution is 6.09. The molecule has 0 amide bonds. The van der Waals surface area contributed by atoms with Crippen LogP contribution in [-0.4, -0.2) is 15.0 Å². The molecule has 0 atom stereocenters. The second-order valence-corrected chi connectivity index (χ2v) is 10.5. The van der Waals surface area contributed by atoms with Crippen molar-refractivity contribution in [1.29, 1.82) is 0 Å². The van der Waals surface area contributed by atoms with E-state index in [2.05, 4.69) is 66.7 Å². The Bertz CT molecular complexity index is 2170. The molecule has 0 aliphatic heterocycles. The minimum absolute atomic E-state index is 0.614. The summed E-state index contributed by atoms with van der Waals surface area (Å²) in [5.74, 6) is 1.88. The summed E-state index contributed by atoms with van der Waals surface area (Å²) < 4.78 is 6.44. The van der Waals surface area contributed by atoms with Gasteiger partial charge in [0.05, 0.1) is 0 Å². The van der Waals surface area contributed by atoms with E-state index in [1.807, 2.05) is 84.9 Å². The molecule has 8 aromatic rings. The normalized spacial score (nSPS) is 11.3. The third-order valence-electron chi connectivity index (χ3n) is 7.71. The molecule has 0 fully saturated rings. The van der Waals surface area contributed by atoms with Gasteiger partial charge in [0.25, 0.3) is 0 Å². The molecule has 0 unspecified atom stereocenters. The van der Waals surface area contributed by atoms with Crippen molar-refractivity contribution in [3.05, 3.63) is 152 Å². The largest absolute Gasteiger partial charge is 0.455 e. The molecule has 0 saturated carbocycles. The molecular weight excluding hydrogens is 526 g/mol. The van der Waals surface area contributed by atoms with E-state index in [0.717, 1.165) is 60.9 Å². The van der Waals surface area contributed by atoms with E-state index in [9.17, 15) is 0 Å². The number of hydrogen-bond acceptors (Lipinski definition) is 4. The average Bonchev–Trinajstić information content (AvgIpc) is 3.48. The van der Waals surface area contributed by atoms with Crippen LogP contribution in [0.15, 0.2) is 156 Å². The van der Waals surface area contributed by atoms with Crippen molar-refractivity contribution in [2.75, 3.05) is 0 Å². The Morgan fingerprint density at radius 3 is 1.49 bits per heavy atom. The van der Waals surface area contributed by atoms with Gasteiger partial charge in [-0.25, -0.2) is 15.0 Å². The van der Waals surface area contributed by atoms with E-state index in [1.165, 1.54) is 0 Å². The second kappa shape index (κ2) is 10.5. The Balaban J connectivity index is 1.38. The van der Waals surface area contributed by atoms with Crippen LogP contribution in [0.5, 0.6) is 0 Å². The van der Waals surface area contributed by atoms with E-state index in [4.69, 9.17) is 19.4 Å². The number of benzene rings is 6. The number of hydrogen-bond donors (Lipinski definition) is 0. The molecule has 2 heterocycles. The lowest BCUT2D eigenvalue weighted by Crippen LogP contribution is -2.00. The smallest absolute Gasteiger partial charge is 0.164 e. The topological polar surface area (TPSA) is 51.8 Å². The molecule has 8 rings (SSSR count). The molecule has 0 radical (unpaired) electrons. The van der Waals surface area contributed by atoms with E-state index < -0.39 is 0 Å². The number of furan rings is 1. The van der Waals surface area contributed by atoms with Crippen LogP contribution in [0.3, 0.4) is 0 Å². The predicted molar refractivity (Wildman–Crippen MR) is 174 cm³/mol. The van der Waals surface area contributed by atoms with Crippen LogP contribution in [0.2, 0.25) is 0 Å². The molecule has 4 nitrogen and oxygen atoms in total. The van der Waals surface area contributed by atoms with Gasteiger partial charge in [-0.2, -0.15) is 0 Å². The van der Waals surface area contributed by atoms with Crippen molar-refractivity contribution in [3.63, 3.8) is 0 Å². The standard InChI is InChI=1S/C39H25N3O/c1-4-13-26(14-5-1)29-23-30(32-20-12-21-34-33-19-10-11-22-35(33)43-36(32)34)25-31(24-29)39-41-37(27-15-6-2-7-16-27)40-38(42-39)28-17-8-3-9-18-28/h1-25H. The van der Waals surface area contributed by atoms with Crippen LogP contribution < -0.4 is 0 Å². The first-order chi connectivity index (χ1) is 21.3. The SMILES string of the molecule is c1ccc(-c2cc(-c3nc(-c4ccccc4)nc(-c4ccccc4)n3)cc(-c3cccc4c3oc3ccccc34)c2)cc1. The summed E-state index contributed by atoms with van der Waals surface area (Å²) in [5.41, 5.74) is 8.77. The fourth-order valence-electron chi connectivity index (χ4n) is 5.62. The molecule has 0 saturated heterocycles. The number of rotatable bonds is 5. The first-order valence-corrected chi connectivity index (χ1v) is 14.3. The third-order valence-corrected chi connectivity index (χ3v) is 7.71. The Labute approximate surface area is 249 Å². The maximum absolute atomic E-state index is 6.44. The Morgan fingerprint density at radius 1 is 0.349 bits per heavy atom. The van der Waals surface area contributed by atoms with Gasteiger partial charge >= 0.3 is 0 Å². The van der Waals surface area contributed by atoms with E-state index in [1.54, 1.807) is 0 Å². The summed E-state index contributed by atoms with van der Waals surface area (Å²) in [6.07, 6.45) is 0. The van der Waals surface area contributed by atoms with E-state index in [-0.39, 0.29) is 0 Å². The Morgan fingerprint density at radius 2 is 0.837 bits per heavy atom. The van der Waals surface area contributed by atoms with Crippen LogP contribution in [0, 0.1) is 0 Å². The first kappa shape index (κ1) is 24.9. The van der Waals surface area contributed by atoms with Gasteiger partial charge in [0.15, 0.2) is 17.5 Å². The molecule has 2 aromatic heterocycles. The molecule has 0 N–H and O–H groups in total. The highest BCUT2D eigenvalue weighted by Crippen LogP contribution is 2.39. The van der Waals surface area contributed by atoms with Gasteiger partial charge in [-0.15, -0.1) is 0 Å². The van der Waals surface area contributed by atoms with Crippen molar-refractivity contribution in [1.82, 2.24) is 15.0 Å². The van der Waals surface area contributed by atoms with Gasteiger partial charge in [-0.3, -0.25) is 0 Å². The highest BCUT2D eigenvalue weighted by atomic mass is 16.3. The van der Waals surface area contributed by atoms with Gasteiger partial charge in [0.2, 0.25) is 0 Å². The molecule has 6 aromatic carbocycles. The fourth-order valence-corrected chi connectivity index (χ4v) is 5.62. The lowest BCUT2D eigenvalue weighted by molar-refractivity contribution is 0.670. The summed E-state index contributed by atoms with van der Waals surface area (Å²) in [5, 5.41) is 2.20. The zero-order valence-electron chi connectivity index (χ0n) is 23.2. The molecule has 0 aliphatic carbocycles. The molecular formula is C39H25N3O. The highest BCUT2D eigenvalue weighted by Gasteiger charge is 2.17. The number of fused-ring (bicyclic) bond motifs is 3. The zero-order valence-corrected chi connectivity index (χ0v) is 23.2. The van der Waals surface area contributed by atoms with Crippen molar-refractivity contribution in [2.45, 2.75) is 0 Å². The third kappa shape index (κ3) is 4.65. The fraction of sp³-hybridized carbons (Fsp3) is 0. The van der Waals surface area contributed by atoms with Crippen molar-refractivity contribution in [3.8, 4) is 56.4 Å². The summed E-state index contributed by atoms with van der Waals surface area (Å²) in [6, 6.07) is 51.6. The molecule has 0 spiro atoms. The van der Waals surface area contributed by atoms with Crippen LogP contribution in [-0.2, 0) is 0 Å². The summed E-state index contributed by atoms with van der Waals surface area (Å²) in [7, 11) is 0. The van der Waals surface area contributed by atoms with E-state index in [0.29, 0.717) is 17.5 Å². The average molecular weight is 552 g/mol. The minimum Gasteiger partial charge on any atom is -0.455 e. The van der Waals surface area contributed by atoms with Gasteiger partial charge in [0.1, 0.15) is 11.2 Å². The number of aromatic nitrogens is 3. The van der Waals surface area contributed by atoms with Crippen molar-refractivity contribution < 1.29 is 4.42 Å². The molecule has 4 heteroatoms. The van der Waals surface area contributed by atoms with Gasteiger partial charge in [-0.1, -0.05) is 127 Å². The maximum atomic E-state index is 6.44. The molecule has 0 aliphatic rings. The lowest BCUT2D eigenvalue weighted by atomic mass is 9.94. The van der Waals surface area contributed by atoms with E-state index >= 15 is 0 Å². The quantitative estimate of drug-likeness (QED) is 0.214. The van der Waals surface area contributed by atoms with Crippen molar-refractivity contribution >= 4 is 21.9 Å². The van der Waals surface area contributed by atoms with Crippen LogP contribution in [0.4, 0.5) is 0 Å². The number of para-hydroxylation sites is 2. The first-order valence-electron chi connectivity index (χ1n) is 14.3.